The van der Waals surface area contributed by atoms with E-state index in [1.54, 1.807) is 24.3 Å². The summed E-state index contributed by atoms with van der Waals surface area (Å²) in [5.41, 5.74) is 1.38. The molecule has 6 nitrogen and oxygen atoms in total. The molecule has 4 rings (SSSR count). The lowest BCUT2D eigenvalue weighted by atomic mass is 9.98. The molecule has 1 aliphatic heterocycles. The van der Waals surface area contributed by atoms with Crippen molar-refractivity contribution in [1.29, 1.82) is 0 Å². The summed E-state index contributed by atoms with van der Waals surface area (Å²) in [5, 5.41) is 12.5. The van der Waals surface area contributed by atoms with E-state index in [9.17, 15) is 22.7 Å². The summed E-state index contributed by atoms with van der Waals surface area (Å²) >= 11 is 5.95. The summed E-state index contributed by atoms with van der Waals surface area (Å²) in [6.45, 7) is 0.0761. The van der Waals surface area contributed by atoms with E-state index in [1.165, 1.54) is 18.2 Å². The third-order valence-electron chi connectivity index (χ3n) is 4.55. The molecule has 4 bridgehead atoms. The number of fused-ring (bicyclic) bond motifs is 6. The van der Waals surface area contributed by atoms with E-state index in [0.29, 0.717) is 11.1 Å². The second-order valence-corrected chi connectivity index (χ2v) is 8.50. The highest BCUT2D eigenvalue weighted by Crippen LogP contribution is 2.35. The van der Waals surface area contributed by atoms with Crippen molar-refractivity contribution in [1.82, 2.24) is 5.32 Å². The van der Waals surface area contributed by atoms with Gasteiger partial charge in [-0.15, -0.1) is 0 Å². The summed E-state index contributed by atoms with van der Waals surface area (Å²) < 4.78 is 42.5. The molecule has 3 aromatic rings. The van der Waals surface area contributed by atoms with Crippen LogP contribution in [0.1, 0.15) is 15.9 Å². The Kier molecular flexibility index (Phi) is 4.68. The molecule has 29 heavy (non-hydrogen) atoms. The van der Waals surface area contributed by atoms with Crippen LogP contribution >= 0.6 is 11.6 Å². The van der Waals surface area contributed by atoms with Crippen molar-refractivity contribution in [2.24, 2.45) is 0 Å². The van der Waals surface area contributed by atoms with Crippen molar-refractivity contribution in [2.45, 2.75) is 11.4 Å². The molecule has 3 N–H and O–H groups in total. The molecule has 9 heteroatoms. The van der Waals surface area contributed by atoms with E-state index in [4.69, 9.17) is 11.6 Å². The van der Waals surface area contributed by atoms with Gasteiger partial charge in [0, 0.05) is 23.4 Å². The number of carbonyl (C=O) groups excluding carboxylic acids is 1. The molecule has 1 aliphatic rings. The van der Waals surface area contributed by atoms with Gasteiger partial charge in [-0.3, -0.25) is 9.52 Å². The minimum Gasteiger partial charge on any atom is -0.505 e. The van der Waals surface area contributed by atoms with E-state index in [0.717, 1.165) is 12.1 Å². The molecule has 0 atom stereocenters. The van der Waals surface area contributed by atoms with Gasteiger partial charge in [0.1, 0.15) is 10.7 Å². The third kappa shape index (κ3) is 3.52. The third-order valence-corrected chi connectivity index (χ3v) is 6.23. The van der Waals surface area contributed by atoms with Crippen LogP contribution in [-0.4, -0.2) is 19.4 Å². The summed E-state index contributed by atoms with van der Waals surface area (Å²) in [5.74, 6) is -1.83. The molecular formula is C20H14ClFN2O4S. The number of amides is 1. The molecule has 0 unspecified atom stereocenters. The number of phenols is 1. The zero-order valence-corrected chi connectivity index (χ0v) is 16.3. The number of phenolic OH excluding ortho intramolecular Hbond substituents is 1. The van der Waals surface area contributed by atoms with Crippen molar-refractivity contribution in [3.63, 3.8) is 0 Å². The topological polar surface area (TPSA) is 95.5 Å². The molecule has 0 spiro atoms. The van der Waals surface area contributed by atoms with E-state index in [-0.39, 0.29) is 28.4 Å². The summed E-state index contributed by atoms with van der Waals surface area (Å²) in [6, 6.07) is 12.9. The molecule has 0 aliphatic carbocycles. The average Bonchev–Trinajstić information content (AvgIpc) is 2.69. The van der Waals surface area contributed by atoms with Gasteiger partial charge in [-0.05, 0) is 41.5 Å². The van der Waals surface area contributed by atoms with Crippen LogP contribution in [0, 0.1) is 5.82 Å². The fraction of sp³-hybridized carbons (Fsp3) is 0.0500. The predicted octanol–water partition coefficient (Wildman–Crippen LogP) is 3.90. The van der Waals surface area contributed by atoms with Gasteiger partial charge in [-0.1, -0.05) is 35.9 Å². The Labute approximate surface area is 171 Å². The van der Waals surface area contributed by atoms with Gasteiger partial charge in [0.15, 0.2) is 5.75 Å². The highest BCUT2D eigenvalue weighted by Gasteiger charge is 2.25. The van der Waals surface area contributed by atoms with Crippen molar-refractivity contribution >= 4 is 33.2 Å². The zero-order valence-electron chi connectivity index (χ0n) is 14.7. The quantitative estimate of drug-likeness (QED) is 0.502. The lowest BCUT2D eigenvalue weighted by Crippen LogP contribution is -2.23. The lowest BCUT2D eigenvalue weighted by molar-refractivity contribution is 0.0950. The Morgan fingerprint density at radius 1 is 1.03 bits per heavy atom. The first-order valence-electron chi connectivity index (χ1n) is 8.47. The normalized spacial score (nSPS) is 15.0. The number of hydrogen-bond donors (Lipinski definition) is 3. The van der Waals surface area contributed by atoms with Crippen molar-refractivity contribution in [3.8, 4) is 16.9 Å². The van der Waals surface area contributed by atoms with E-state index >= 15 is 0 Å². The van der Waals surface area contributed by atoms with E-state index in [1.807, 2.05) is 0 Å². The average molecular weight is 433 g/mol. The molecule has 0 radical (unpaired) electrons. The fourth-order valence-electron chi connectivity index (χ4n) is 3.13. The predicted molar refractivity (Wildman–Crippen MR) is 107 cm³/mol. The number of halogens is 2. The highest BCUT2D eigenvalue weighted by molar-refractivity contribution is 7.92. The largest absolute Gasteiger partial charge is 0.505 e. The molecule has 0 saturated heterocycles. The number of aromatic hydroxyl groups is 1. The van der Waals surface area contributed by atoms with Crippen LogP contribution in [0.4, 0.5) is 10.1 Å². The molecule has 0 saturated carbocycles. The number of benzene rings is 3. The monoisotopic (exact) mass is 432 g/mol. The van der Waals surface area contributed by atoms with Crippen LogP contribution < -0.4 is 10.0 Å². The second-order valence-electron chi connectivity index (χ2n) is 6.44. The number of anilines is 1. The molecule has 0 fully saturated rings. The van der Waals surface area contributed by atoms with E-state index < -0.39 is 32.4 Å². The molecule has 148 valence electrons. The van der Waals surface area contributed by atoms with Gasteiger partial charge in [0.05, 0.1) is 5.02 Å². The molecule has 1 heterocycles. The van der Waals surface area contributed by atoms with Gasteiger partial charge in [-0.25, -0.2) is 12.8 Å². The number of sulfonamides is 1. The first-order chi connectivity index (χ1) is 13.8. The first-order valence-corrected chi connectivity index (χ1v) is 10.3. The summed E-state index contributed by atoms with van der Waals surface area (Å²) in [7, 11) is -4.31. The first kappa shape index (κ1) is 19.2. The number of carbonyl (C=O) groups is 1. The maximum atomic E-state index is 14.5. The Balaban J connectivity index is 1.98. The van der Waals surface area contributed by atoms with Crippen molar-refractivity contribution in [2.75, 3.05) is 4.72 Å². The minimum absolute atomic E-state index is 0.0391. The highest BCUT2D eigenvalue weighted by atomic mass is 35.5. The van der Waals surface area contributed by atoms with Crippen LogP contribution in [0.3, 0.4) is 0 Å². The maximum Gasteiger partial charge on any atom is 0.265 e. The molecule has 1 amide bonds. The smallest absolute Gasteiger partial charge is 0.265 e. The van der Waals surface area contributed by atoms with Crippen LogP contribution in [0.15, 0.2) is 59.5 Å². The SMILES string of the molecule is O=C1NCc2ccccc2-c2cc(ccc2F)NS(=O)(=O)c2cc1cc(Cl)c2O. The van der Waals surface area contributed by atoms with Crippen LogP contribution in [0.25, 0.3) is 11.1 Å². The summed E-state index contributed by atoms with van der Waals surface area (Å²) in [4.78, 5) is 12.0. The number of rotatable bonds is 0. The zero-order chi connectivity index (χ0) is 20.8. The van der Waals surface area contributed by atoms with Gasteiger partial charge in [0.25, 0.3) is 15.9 Å². The van der Waals surface area contributed by atoms with Gasteiger partial charge in [-0.2, -0.15) is 0 Å². The van der Waals surface area contributed by atoms with Crippen molar-refractivity contribution < 1.29 is 22.7 Å². The molecule has 0 aromatic heterocycles. The van der Waals surface area contributed by atoms with Crippen LogP contribution in [-0.2, 0) is 16.6 Å². The van der Waals surface area contributed by atoms with Gasteiger partial charge < -0.3 is 10.4 Å². The fourth-order valence-corrected chi connectivity index (χ4v) is 4.60. The van der Waals surface area contributed by atoms with E-state index in [2.05, 4.69) is 10.0 Å². The van der Waals surface area contributed by atoms with Crippen LogP contribution in [0.2, 0.25) is 5.02 Å². The standard InChI is InChI=1S/C20H14ClFN2O4S/c21-16-7-12-8-18(19(16)25)29(27,28)24-13-5-6-17(22)15(9-13)14-4-2-1-3-11(14)10-23-20(12)26/h1-9,24-25H,10H2,(H,23,26). The number of hydrogen-bond acceptors (Lipinski definition) is 4. The van der Waals surface area contributed by atoms with Crippen LogP contribution in [0.5, 0.6) is 5.75 Å². The summed E-state index contributed by atoms with van der Waals surface area (Å²) in [6.07, 6.45) is 0. The molecular weight excluding hydrogens is 419 g/mol. The Morgan fingerprint density at radius 2 is 1.79 bits per heavy atom. The molecule has 3 aromatic carbocycles. The Morgan fingerprint density at radius 3 is 2.59 bits per heavy atom. The number of nitrogens with one attached hydrogen (secondary N) is 2. The van der Waals surface area contributed by atoms with Crippen molar-refractivity contribution in [3.05, 3.63) is 76.6 Å². The van der Waals surface area contributed by atoms with Gasteiger partial charge in [0.2, 0.25) is 0 Å². The Bertz CT molecular complexity index is 1260. The minimum atomic E-state index is -4.31. The second kappa shape index (κ2) is 7.06. The Hall–Kier alpha value is -3.10. The lowest BCUT2D eigenvalue weighted by Gasteiger charge is -2.13. The van der Waals surface area contributed by atoms with Gasteiger partial charge >= 0.3 is 0 Å². The maximum absolute atomic E-state index is 14.5.